The minimum absolute atomic E-state index is 0.00890. The zero-order valence-corrected chi connectivity index (χ0v) is 18.9. The van der Waals surface area contributed by atoms with E-state index < -0.39 is 11.9 Å². The van der Waals surface area contributed by atoms with Crippen molar-refractivity contribution in [2.45, 2.75) is 25.4 Å². The molecule has 33 heavy (non-hydrogen) atoms. The molecule has 1 aliphatic carbocycles. The quantitative estimate of drug-likeness (QED) is 0.499. The van der Waals surface area contributed by atoms with Crippen LogP contribution in [0.15, 0.2) is 42.6 Å². The zero-order valence-electron chi connectivity index (χ0n) is 18.9. The van der Waals surface area contributed by atoms with Gasteiger partial charge >= 0.3 is 11.9 Å². The van der Waals surface area contributed by atoms with E-state index in [-0.39, 0.29) is 24.5 Å². The first-order valence-corrected chi connectivity index (χ1v) is 10.7. The SMILES string of the molecule is CC(CO)NC(=O)[C@H]1C=C2c3cccc4c3c(cn4C)C[C@@H]2N(C)C1.O=C(O)/C=C\C(=O)O. The average molecular weight is 456 g/mol. The second-order valence-corrected chi connectivity index (χ2v) is 8.45. The predicted octanol–water partition coefficient (Wildman–Crippen LogP) is 1.26. The number of hydrogen-bond acceptors (Lipinski definition) is 5. The van der Waals surface area contributed by atoms with Gasteiger partial charge in [-0.2, -0.15) is 0 Å². The molecule has 2 aromatic rings. The average Bonchev–Trinajstić information content (AvgIpc) is 3.09. The second kappa shape index (κ2) is 10.0. The Morgan fingerprint density at radius 1 is 1.18 bits per heavy atom. The number of rotatable bonds is 5. The molecule has 2 heterocycles. The molecule has 176 valence electrons. The first kappa shape index (κ1) is 24.2. The van der Waals surface area contributed by atoms with Crippen molar-refractivity contribution in [1.29, 1.82) is 0 Å². The number of benzene rings is 1. The summed E-state index contributed by atoms with van der Waals surface area (Å²) in [5.74, 6) is -2.71. The van der Waals surface area contributed by atoms with Gasteiger partial charge in [-0.05, 0) is 43.2 Å². The van der Waals surface area contributed by atoms with Gasteiger partial charge in [0.2, 0.25) is 5.91 Å². The highest BCUT2D eigenvalue weighted by atomic mass is 16.4. The normalized spacial score (nSPS) is 20.4. The molecule has 2 aliphatic rings. The molecule has 3 atom stereocenters. The number of hydrogen-bond donors (Lipinski definition) is 4. The van der Waals surface area contributed by atoms with Crippen LogP contribution in [0.5, 0.6) is 0 Å². The van der Waals surface area contributed by atoms with E-state index >= 15 is 0 Å². The van der Waals surface area contributed by atoms with Crippen LogP contribution in [0.25, 0.3) is 16.5 Å². The summed E-state index contributed by atoms with van der Waals surface area (Å²) >= 11 is 0. The Morgan fingerprint density at radius 3 is 2.45 bits per heavy atom. The summed E-state index contributed by atoms with van der Waals surface area (Å²) < 4.78 is 2.19. The molecule has 1 aromatic carbocycles. The Labute approximate surface area is 191 Å². The Hall–Kier alpha value is -3.43. The number of aliphatic hydroxyl groups excluding tert-OH is 1. The molecule has 0 bridgehead atoms. The summed E-state index contributed by atoms with van der Waals surface area (Å²) in [6.45, 7) is 2.48. The lowest BCUT2D eigenvalue weighted by Gasteiger charge is -2.39. The van der Waals surface area contributed by atoms with E-state index in [1.54, 1.807) is 0 Å². The van der Waals surface area contributed by atoms with Crippen LogP contribution in [0.2, 0.25) is 0 Å². The molecule has 0 saturated heterocycles. The van der Waals surface area contributed by atoms with Crippen LogP contribution >= 0.6 is 0 Å². The molecule has 0 saturated carbocycles. The van der Waals surface area contributed by atoms with Gasteiger partial charge in [0.15, 0.2) is 0 Å². The van der Waals surface area contributed by atoms with E-state index in [1.807, 2.05) is 6.92 Å². The number of carboxylic acid groups (broad SMARTS) is 2. The molecule has 1 unspecified atom stereocenters. The fourth-order valence-corrected chi connectivity index (χ4v) is 4.43. The van der Waals surface area contributed by atoms with Crippen molar-refractivity contribution in [3.05, 3.63) is 53.8 Å². The van der Waals surface area contributed by atoms with Crippen LogP contribution in [0, 0.1) is 5.92 Å². The third-order valence-electron chi connectivity index (χ3n) is 5.94. The van der Waals surface area contributed by atoms with Gasteiger partial charge in [-0.3, -0.25) is 9.69 Å². The number of aliphatic hydroxyl groups is 1. The number of nitrogens with zero attached hydrogens (tertiary/aromatic N) is 2. The lowest BCUT2D eigenvalue weighted by atomic mass is 9.80. The van der Waals surface area contributed by atoms with E-state index in [0.29, 0.717) is 24.7 Å². The smallest absolute Gasteiger partial charge is 0.328 e. The van der Waals surface area contributed by atoms with E-state index in [9.17, 15) is 19.5 Å². The van der Waals surface area contributed by atoms with Gasteiger partial charge in [0.1, 0.15) is 0 Å². The highest BCUT2D eigenvalue weighted by Gasteiger charge is 2.36. The monoisotopic (exact) mass is 455 g/mol. The number of likely N-dealkylation sites (N-methyl/N-ethyl adjacent to an activating group) is 1. The summed E-state index contributed by atoms with van der Waals surface area (Å²) in [4.78, 5) is 34.0. The molecule has 1 aromatic heterocycles. The van der Waals surface area contributed by atoms with Gasteiger partial charge in [-0.25, -0.2) is 9.59 Å². The van der Waals surface area contributed by atoms with Crippen LogP contribution in [0.4, 0.5) is 0 Å². The van der Waals surface area contributed by atoms with Crippen molar-refractivity contribution < 1.29 is 29.7 Å². The Morgan fingerprint density at radius 2 is 1.85 bits per heavy atom. The molecule has 0 spiro atoms. The molecular formula is C24H29N3O6. The summed E-state index contributed by atoms with van der Waals surface area (Å²) in [6, 6.07) is 6.53. The third-order valence-corrected chi connectivity index (χ3v) is 5.94. The lowest BCUT2D eigenvalue weighted by molar-refractivity contribution is -0.134. The number of carboxylic acids is 2. The fourth-order valence-electron chi connectivity index (χ4n) is 4.43. The maximum Gasteiger partial charge on any atom is 0.328 e. The molecule has 1 aliphatic heterocycles. The number of carbonyl (C=O) groups is 3. The highest BCUT2D eigenvalue weighted by molar-refractivity contribution is 5.99. The van der Waals surface area contributed by atoms with E-state index in [2.05, 4.69) is 59.4 Å². The van der Waals surface area contributed by atoms with Crippen LogP contribution < -0.4 is 5.32 Å². The molecular weight excluding hydrogens is 426 g/mol. The Bertz CT molecular complexity index is 1120. The van der Waals surface area contributed by atoms with Crippen LogP contribution in [-0.2, 0) is 27.9 Å². The summed E-state index contributed by atoms with van der Waals surface area (Å²) in [5, 5.41) is 29.0. The highest BCUT2D eigenvalue weighted by Crippen LogP contribution is 2.41. The van der Waals surface area contributed by atoms with Crippen LogP contribution in [-0.4, -0.2) is 74.9 Å². The second-order valence-electron chi connectivity index (χ2n) is 8.45. The van der Waals surface area contributed by atoms with Gasteiger partial charge < -0.3 is 25.2 Å². The first-order valence-electron chi connectivity index (χ1n) is 10.7. The van der Waals surface area contributed by atoms with Gasteiger partial charge in [0, 0.05) is 54.9 Å². The van der Waals surface area contributed by atoms with E-state index in [1.165, 1.54) is 27.6 Å². The molecule has 9 heteroatoms. The van der Waals surface area contributed by atoms with Crippen LogP contribution in [0.3, 0.4) is 0 Å². The number of fused-ring (bicyclic) bond motifs is 2. The van der Waals surface area contributed by atoms with Gasteiger partial charge in [-0.1, -0.05) is 18.2 Å². The van der Waals surface area contributed by atoms with E-state index in [4.69, 9.17) is 10.2 Å². The number of aromatic nitrogens is 1. The lowest BCUT2D eigenvalue weighted by Crippen LogP contribution is -2.48. The molecule has 4 rings (SSSR count). The molecule has 9 nitrogen and oxygen atoms in total. The van der Waals surface area contributed by atoms with E-state index in [0.717, 1.165) is 6.42 Å². The van der Waals surface area contributed by atoms with Gasteiger partial charge in [-0.15, -0.1) is 0 Å². The Balaban J connectivity index is 0.000000331. The van der Waals surface area contributed by atoms with Crippen molar-refractivity contribution in [2.75, 3.05) is 20.2 Å². The largest absolute Gasteiger partial charge is 0.478 e. The minimum Gasteiger partial charge on any atom is -0.478 e. The molecule has 1 amide bonds. The van der Waals surface area contributed by atoms with Crippen LogP contribution in [0.1, 0.15) is 18.1 Å². The zero-order chi connectivity index (χ0) is 24.3. The number of aliphatic carboxylic acids is 2. The van der Waals surface area contributed by atoms with Crippen molar-refractivity contribution >= 4 is 34.3 Å². The molecule has 0 fully saturated rings. The standard InChI is InChI=1S/C20H25N3O2.C4H4O4/c1-12(11-24)21-20(25)14-7-16-15-5-4-6-17-19(15)13(9-22(17)2)8-18(16)23(3)10-14;5-3(6)1-2-4(7)8/h4-7,9,12,14,18,24H,8,10-11H2,1-3H3,(H,21,25);1-2H,(H,5,6)(H,7,8)/b;2-1-/t12?,14-,18-;/m0./s1. The van der Waals surface area contributed by atoms with Crippen molar-refractivity contribution in [1.82, 2.24) is 14.8 Å². The molecule has 4 N–H and O–H groups in total. The third kappa shape index (κ3) is 5.32. The van der Waals surface area contributed by atoms with Gasteiger partial charge in [0.05, 0.1) is 12.5 Å². The topological polar surface area (TPSA) is 132 Å². The summed E-state index contributed by atoms with van der Waals surface area (Å²) in [5.41, 5.74) is 5.15. The summed E-state index contributed by atoms with van der Waals surface area (Å²) in [6.07, 6.45) is 6.48. The summed E-state index contributed by atoms with van der Waals surface area (Å²) in [7, 11) is 4.19. The number of aryl methyl sites for hydroxylation is 1. The molecule has 0 radical (unpaired) electrons. The van der Waals surface area contributed by atoms with Crippen molar-refractivity contribution in [3.63, 3.8) is 0 Å². The number of carbonyl (C=O) groups excluding carboxylic acids is 1. The minimum atomic E-state index is -1.26. The van der Waals surface area contributed by atoms with Crippen molar-refractivity contribution in [2.24, 2.45) is 13.0 Å². The van der Waals surface area contributed by atoms with Crippen molar-refractivity contribution in [3.8, 4) is 0 Å². The fraction of sp³-hybridized carbons (Fsp3) is 0.375. The maximum absolute atomic E-state index is 12.6. The maximum atomic E-state index is 12.6. The number of nitrogens with one attached hydrogen (secondary N) is 1. The Kier molecular flexibility index (Phi) is 7.35. The predicted molar refractivity (Wildman–Crippen MR) is 124 cm³/mol. The van der Waals surface area contributed by atoms with Gasteiger partial charge in [0.25, 0.3) is 0 Å². The first-order chi connectivity index (χ1) is 15.6. The number of amides is 1.